The van der Waals surface area contributed by atoms with Gasteiger partial charge in [0.15, 0.2) is 0 Å². The highest BCUT2D eigenvalue weighted by atomic mass is 35.5. The van der Waals surface area contributed by atoms with Gasteiger partial charge >= 0.3 is 0 Å². The van der Waals surface area contributed by atoms with Crippen LogP contribution in [0.2, 0.25) is 0 Å². The van der Waals surface area contributed by atoms with Gasteiger partial charge in [-0.1, -0.05) is 0 Å². The Morgan fingerprint density at radius 3 is 2.30 bits per heavy atom. The molecule has 0 saturated heterocycles. The second-order valence-corrected chi connectivity index (χ2v) is 2.34. The average molecular weight is 180 g/mol. The molecule has 0 fully saturated rings. The van der Waals surface area contributed by atoms with Crippen molar-refractivity contribution in [2.45, 2.75) is 13.0 Å². The van der Waals surface area contributed by atoms with Crippen molar-refractivity contribution in [2.24, 2.45) is 0 Å². The van der Waals surface area contributed by atoms with E-state index in [9.17, 15) is 0 Å². The predicted octanol–water partition coefficient (Wildman–Crippen LogP) is 2.54. The first-order chi connectivity index (χ1) is 4.43. The second-order valence-electron chi connectivity index (χ2n) is 1.96. The van der Waals surface area contributed by atoms with Gasteiger partial charge in [-0.3, -0.25) is 0 Å². The summed E-state index contributed by atoms with van der Waals surface area (Å²) < 4.78 is 2.13. The van der Waals surface area contributed by atoms with Gasteiger partial charge in [-0.2, -0.15) is 0 Å². The van der Waals surface area contributed by atoms with E-state index in [0.29, 0.717) is 0 Å². The molecule has 0 spiro atoms. The molecule has 1 rings (SSSR count). The van der Waals surface area contributed by atoms with E-state index in [2.05, 4.69) is 4.57 Å². The van der Waals surface area contributed by atoms with Gasteiger partial charge in [-0.05, 0) is 18.6 Å². The summed E-state index contributed by atoms with van der Waals surface area (Å²) in [6.07, 6.45) is 5.15. The van der Waals surface area contributed by atoms with Crippen LogP contribution in [0.5, 0.6) is 0 Å². The second kappa shape index (κ2) is 5.63. The fourth-order valence-corrected chi connectivity index (χ4v) is 0.881. The lowest BCUT2D eigenvalue weighted by Crippen LogP contribution is -1.93. The van der Waals surface area contributed by atoms with Crippen molar-refractivity contribution in [1.82, 2.24) is 4.57 Å². The summed E-state index contributed by atoms with van der Waals surface area (Å²) in [5, 5.41) is 0. The Kier molecular flexibility index (Phi) is 5.55. The highest BCUT2D eigenvalue weighted by Gasteiger charge is 1.85. The Bertz CT molecular complexity index is 149. The van der Waals surface area contributed by atoms with E-state index < -0.39 is 0 Å². The van der Waals surface area contributed by atoms with Gasteiger partial charge in [0.2, 0.25) is 0 Å². The van der Waals surface area contributed by atoms with Crippen LogP contribution in [0.4, 0.5) is 0 Å². The summed E-state index contributed by atoms with van der Waals surface area (Å²) in [4.78, 5) is 0. The Labute approximate surface area is 72.4 Å². The first kappa shape index (κ1) is 9.86. The normalized spacial score (nSPS) is 8.90. The number of rotatable bonds is 3. The van der Waals surface area contributed by atoms with Crippen LogP contribution in [0, 0.1) is 0 Å². The number of alkyl halides is 1. The molecule has 58 valence electrons. The molecular weight excluding hydrogens is 169 g/mol. The predicted molar refractivity (Wildman–Crippen MR) is 47.0 cm³/mol. The van der Waals surface area contributed by atoms with Crippen LogP contribution in [0.25, 0.3) is 0 Å². The maximum absolute atomic E-state index is 5.51. The first-order valence-electron chi connectivity index (χ1n) is 3.10. The van der Waals surface area contributed by atoms with Crippen molar-refractivity contribution in [2.75, 3.05) is 5.88 Å². The van der Waals surface area contributed by atoms with Gasteiger partial charge in [0.05, 0.1) is 0 Å². The van der Waals surface area contributed by atoms with E-state index in [1.54, 1.807) is 0 Å². The van der Waals surface area contributed by atoms with E-state index >= 15 is 0 Å². The number of nitrogens with zero attached hydrogens (tertiary/aromatic N) is 1. The highest BCUT2D eigenvalue weighted by Crippen LogP contribution is 1.93. The minimum atomic E-state index is 0. The molecule has 0 aliphatic carbocycles. The molecule has 0 N–H and O–H groups in total. The molecule has 10 heavy (non-hydrogen) atoms. The third-order valence-electron chi connectivity index (χ3n) is 1.22. The van der Waals surface area contributed by atoms with Gasteiger partial charge in [-0.25, -0.2) is 0 Å². The minimum absolute atomic E-state index is 0. The molecule has 0 aromatic carbocycles. The maximum Gasteiger partial charge on any atom is 0.0240 e. The summed E-state index contributed by atoms with van der Waals surface area (Å²) in [5.41, 5.74) is 0. The molecule has 0 atom stereocenters. The van der Waals surface area contributed by atoms with Crippen molar-refractivity contribution in [3.63, 3.8) is 0 Å². The summed E-state index contributed by atoms with van der Waals surface area (Å²) in [6.45, 7) is 1.04. The van der Waals surface area contributed by atoms with Crippen molar-refractivity contribution >= 4 is 24.0 Å². The largest absolute Gasteiger partial charge is 0.354 e. The molecule has 0 aliphatic heterocycles. The monoisotopic (exact) mass is 179 g/mol. The molecule has 1 aromatic heterocycles. The van der Waals surface area contributed by atoms with Crippen molar-refractivity contribution in [3.8, 4) is 0 Å². The van der Waals surface area contributed by atoms with Crippen LogP contribution in [0.15, 0.2) is 24.5 Å². The number of halogens is 2. The molecule has 0 radical (unpaired) electrons. The van der Waals surface area contributed by atoms with Gasteiger partial charge in [-0.15, -0.1) is 24.0 Å². The molecule has 3 heteroatoms. The summed E-state index contributed by atoms with van der Waals surface area (Å²) in [7, 11) is 0. The van der Waals surface area contributed by atoms with E-state index in [-0.39, 0.29) is 12.4 Å². The smallest absolute Gasteiger partial charge is 0.0240 e. The summed E-state index contributed by atoms with van der Waals surface area (Å²) >= 11 is 5.51. The standard InChI is InChI=1S/C7H10ClN.ClH/c8-4-3-7-9-5-1-2-6-9;/h1-2,5-6H,3-4,7H2;1H. The van der Waals surface area contributed by atoms with E-state index in [4.69, 9.17) is 11.6 Å². The molecule has 1 heterocycles. The lowest BCUT2D eigenvalue weighted by atomic mass is 10.5. The van der Waals surface area contributed by atoms with Crippen LogP contribution in [-0.2, 0) is 6.54 Å². The van der Waals surface area contributed by atoms with Gasteiger partial charge in [0.1, 0.15) is 0 Å². The lowest BCUT2D eigenvalue weighted by molar-refractivity contribution is 0.687. The lowest BCUT2D eigenvalue weighted by Gasteiger charge is -1.97. The number of hydrogen-bond acceptors (Lipinski definition) is 0. The molecule has 0 unspecified atom stereocenters. The van der Waals surface area contributed by atoms with Crippen molar-refractivity contribution < 1.29 is 0 Å². The van der Waals surface area contributed by atoms with E-state index in [1.165, 1.54) is 0 Å². The zero-order chi connectivity index (χ0) is 6.53. The maximum atomic E-state index is 5.51. The molecule has 0 amide bonds. The molecule has 0 saturated carbocycles. The number of aryl methyl sites for hydroxylation is 1. The number of aromatic nitrogens is 1. The van der Waals surface area contributed by atoms with Crippen molar-refractivity contribution in [1.29, 1.82) is 0 Å². The average Bonchev–Trinajstić information content (AvgIpc) is 2.34. The molecule has 0 bridgehead atoms. The zero-order valence-corrected chi connectivity index (χ0v) is 7.24. The van der Waals surface area contributed by atoms with E-state index in [1.807, 2.05) is 24.5 Å². The Morgan fingerprint density at radius 2 is 1.80 bits per heavy atom. The highest BCUT2D eigenvalue weighted by molar-refractivity contribution is 6.17. The van der Waals surface area contributed by atoms with Crippen LogP contribution in [-0.4, -0.2) is 10.4 Å². The van der Waals surface area contributed by atoms with Crippen molar-refractivity contribution in [3.05, 3.63) is 24.5 Å². The van der Waals surface area contributed by atoms with Gasteiger partial charge < -0.3 is 4.57 Å². The van der Waals surface area contributed by atoms with Crippen LogP contribution < -0.4 is 0 Å². The third-order valence-corrected chi connectivity index (χ3v) is 1.48. The minimum Gasteiger partial charge on any atom is -0.354 e. The quantitative estimate of drug-likeness (QED) is 0.630. The summed E-state index contributed by atoms with van der Waals surface area (Å²) in [5.74, 6) is 0.748. The topological polar surface area (TPSA) is 4.93 Å². The molecule has 1 nitrogen and oxygen atoms in total. The Balaban J connectivity index is 0.000000810. The van der Waals surface area contributed by atoms with Gasteiger partial charge in [0.25, 0.3) is 0 Å². The fraction of sp³-hybridized carbons (Fsp3) is 0.429. The Morgan fingerprint density at radius 1 is 1.20 bits per heavy atom. The van der Waals surface area contributed by atoms with E-state index in [0.717, 1.165) is 18.8 Å². The zero-order valence-electron chi connectivity index (χ0n) is 5.66. The van der Waals surface area contributed by atoms with Crippen LogP contribution >= 0.6 is 24.0 Å². The van der Waals surface area contributed by atoms with Crippen LogP contribution in [0.1, 0.15) is 6.42 Å². The number of hydrogen-bond donors (Lipinski definition) is 0. The summed E-state index contributed by atoms with van der Waals surface area (Å²) in [6, 6.07) is 4.04. The third kappa shape index (κ3) is 3.14. The molecular formula is C7H11Cl2N. The SMILES string of the molecule is Cl.ClCCCn1cccc1. The fourth-order valence-electron chi connectivity index (χ4n) is 0.762. The first-order valence-corrected chi connectivity index (χ1v) is 3.63. The molecule has 1 aromatic rings. The van der Waals surface area contributed by atoms with Crippen LogP contribution in [0.3, 0.4) is 0 Å². The molecule has 0 aliphatic rings. The van der Waals surface area contributed by atoms with Gasteiger partial charge in [0, 0.05) is 24.8 Å². The Hall–Kier alpha value is -0.140.